The van der Waals surface area contributed by atoms with E-state index in [1.54, 1.807) is 6.07 Å². The van der Waals surface area contributed by atoms with Gasteiger partial charge in [-0.1, -0.05) is 60.6 Å². The number of nitrogens with zero attached hydrogens (tertiary/aromatic N) is 4. The van der Waals surface area contributed by atoms with E-state index in [1.165, 1.54) is 17.3 Å². The van der Waals surface area contributed by atoms with E-state index in [-0.39, 0.29) is 17.6 Å². The molecule has 1 fully saturated rings. The number of amides is 2. The zero-order valence-corrected chi connectivity index (χ0v) is 18.6. The van der Waals surface area contributed by atoms with Crippen molar-refractivity contribution in [2.75, 3.05) is 43.4 Å². The molecule has 1 N–H and O–H groups in total. The van der Waals surface area contributed by atoms with Crippen LogP contribution in [0.2, 0.25) is 5.15 Å². The molecule has 1 aliphatic heterocycles. The first-order valence-electron chi connectivity index (χ1n) is 10.1. The number of anilines is 1. The highest BCUT2D eigenvalue weighted by Gasteiger charge is 2.21. The van der Waals surface area contributed by atoms with Crippen LogP contribution >= 0.6 is 23.4 Å². The molecule has 160 valence electrons. The number of nitrogens with one attached hydrogen (secondary N) is 1. The van der Waals surface area contributed by atoms with E-state index in [0.717, 1.165) is 12.2 Å². The maximum atomic E-state index is 12.1. The normalized spacial score (nSPS) is 13.9. The van der Waals surface area contributed by atoms with Crippen LogP contribution in [0.25, 0.3) is 0 Å². The molecular weight excluding hydrogens is 422 g/mol. The largest absolute Gasteiger partial charge is 0.355 e. The smallest absolute Gasteiger partial charge is 0.230 e. The van der Waals surface area contributed by atoms with Crippen LogP contribution in [0.5, 0.6) is 0 Å². The zero-order valence-electron chi connectivity index (χ0n) is 17.0. The summed E-state index contributed by atoms with van der Waals surface area (Å²) in [5.41, 5.74) is 1.19. The molecule has 7 nitrogen and oxygen atoms in total. The molecule has 9 heteroatoms. The van der Waals surface area contributed by atoms with Gasteiger partial charge in [-0.05, 0) is 12.0 Å². The molecule has 0 radical (unpaired) electrons. The average Bonchev–Trinajstić information content (AvgIpc) is 2.77. The summed E-state index contributed by atoms with van der Waals surface area (Å²) in [5.74, 6) is 1.07. The number of rotatable bonds is 8. The number of piperazine rings is 1. The molecule has 1 aromatic carbocycles. The van der Waals surface area contributed by atoms with Gasteiger partial charge < -0.3 is 15.1 Å². The highest BCUT2D eigenvalue weighted by molar-refractivity contribution is 7.99. The van der Waals surface area contributed by atoms with E-state index in [9.17, 15) is 9.59 Å². The monoisotopic (exact) mass is 447 g/mol. The molecule has 2 heterocycles. The Kier molecular flexibility index (Phi) is 8.33. The van der Waals surface area contributed by atoms with Gasteiger partial charge in [-0.25, -0.2) is 9.97 Å². The second-order valence-corrected chi connectivity index (χ2v) is 8.26. The molecule has 1 aliphatic rings. The minimum absolute atomic E-state index is 0.0623. The van der Waals surface area contributed by atoms with Crippen molar-refractivity contribution in [1.29, 1.82) is 0 Å². The van der Waals surface area contributed by atoms with Crippen LogP contribution in [0.4, 0.5) is 5.82 Å². The molecule has 0 atom stereocenters. The molecule has 0 bridgehead atoms. The van der Waals surface area contributed by atoms with Gasteiger partial charge >= 0.3 is 0 Å². The molecule has 30 heavy (non-hydrogen) atoms. The summed E-state index contributed by atoms with van der Waals surface area (Å²) >= 11 is 7.45. The van der Waals surface area contributed by atoms with Crippen LogP contribution in [0.3, 0.4) is 0 Å². The maximum absolute atomic E-state index is 12.1. The van der Waals surface area contributed by atoms with Gasteiger partial charge in [-0.15, -0.1) is 0 Å². The Morgan fingerprint density at radius 2 is 1.87 bits per heavy atom. The first kappa shape index (κ1) is 22.4. The van der Waals surface area contributed by atoms with E-state index >= 15 is 0 Å². The summed E-state index contributed by atoms with van der Waals surface area (Å²) in [6.45, 7) is 5.19. The summed E-state index contributed by atoms with van der Waals surface area (Å²) in [6.07, 6.45) is 1.31. The Balaban J connectivity index is 1.48. The number of hydrogen-bond acceptors (Lipinski definition) is 6. The molecule has 1 aromatic heterocycles. The number of halogens is 1. The summed E-state index contributed by atoms with van der Waals surface area (Å²) in [6, 6.07) is 11.8. The van der Waals surface area contributed by atoms with E-state index in [2.05, 4.69) is 20.2 Å². The van der Waals surface area contributed by atoms with Gasteiger partial charge in [0, 0.05) is 45.2 Å². The van der Waals surface area contributed by atoms with Crippen LogP contribution in [0.1, 0.15) is 18.9 Å². The maximum Gasteiger partial charge on any atom is 0.230 e. The fourth-order valence-electron chi connectivity index (χ4n) is 3.19. The van der Waals surface area contributed by atoms with Crippen molar-refractivity contribution < 1.29 is 9.59 Å². The summed E-state index contributed by atoms with van der Waals surface area (Å²) in [4.78, 5) is 36.7. The number of benzene rings is 1. The topological polar surface area (TPSA) is 78.4 Å². The van der Waals surface area contributed by atoms with Crippen LogP contribution < -0.4 is 10.2 Å². The van der Waals surface area contributed by atoms with Crippen molar-refractivity contribution in [1.82, 2.24) is 20.2 Å². The van der Waals surface area contributed by atoms with Crippen LogP contribution in [-0.4, -0.2) is 65.2 Å². The molecule has 0 unspecified atom stereocenters. The molecule has 0 aliphatic carbocycles. The van der Waals surface area contributed by atoms with Crippen molar-refractivity contribution in [3.8, 4) is 0 Å². The third-order valence-corrected chi connectivity index (χ3v) is 5.87. The third kappa shape index (κ3) is 6.60. The van der Waals surface area contributed by atoms with Crippen molar-refractivity contribution in [3.05, 3.63) is 47.1 Å². The SMILES string of the molecule is CCC(=O)N1CCN(c2cc(Cl)nc(SCC(=O)NCCc3ccccc3)n2)CC1. The fraction of sp³-hybridized carbons (Fsp3) is 0.429. The summed E-state index contributed by atoms with van der Waals surface area (Å²) in [5, 5.41) is 3.74. The molecule has 0 spiro atoms. The summed E-state index contributed by atoms with van der Waals surface area (Å²) < 4.78 is 0. The Morgan fingerprint density at radius 3 is 2.57 bits per heavy atom. The van der Waals surface area contributed by atoms with Gasteiger partial charge in [0.2, 0.25) is 11.8 Å². The third-order valence-electron chi connectivity index (χ3n) is 4.83. The number of aromatic nitrogens is 2. The molecule has 2 aromatic rings. The van der Waals surface area contributed by atoms with E-state index in [0.29, 0.717) is 49.5 Å². The molecule has 3 rings (SSSR count). The predicted octanol–water partition coefficient (Wildman–Crippen LogP) is 2.64. The lowest BCUT2D eigenvalue weighted by Crippen LogP contribution is -2.48. The van der Waals surface area contributed by atoms with Crippen molar-refractivity contribution in [3.63, 3.8) is 0 Å². The van der Waals surface area contributed by atoms with Crippen molar-refractivity contribution in [2.45, 2.75) is 24.9 Å². The Morgan fingerprint density at radius 1 is 1.13 bits per heavy atom. The molecule has 0 saturated carbocycles. The average molecular weight is 448 g/mol. The lowest BCUT2D eigenvalue weighted by Gasteiger charge is -2.35. The fourth-order valence-corrected chi connectivity index (χ4v) is 4.10. The Hall–Kier alpha value is -2.32. The predicted molar refractivity (Wildman–Crippen MR) is 120 cm³/mol. The van der Waals surface area contributed by atoms with Gasteiger partial charge in [0.1, 0.15) is 11.0 Å². The Labute approximate surface area is 186 Å². The van der Waals surface area contributed by atoms with E-state index < -0.39 is 0 Å². The standard InChI is InChI=1S/C21H26ClN5O2S/c1-2-20(29)27-12-10-26(11-13-27)18-14-17(22)24-21(25-18)30-15-19(28)23-9-8-16-6-4-3-5-7-16/h3-7,14H,2,8-13,15H2,1H3,(H,23,28). The number of hydrogen-bond donors (Lipinski definition) is 1. The molecule has 2 amide bonds. The van der Waals surface area contributed by atoms with Gasteiger partial charge in [-0.3, -0.25) is 9.59 Å². The van der Waals surface area contributed by atoms with Crippen molar-refractivity contribution >= 4 is 41.0 Å². The van der Waals surface area contributed by atoms with E-state index in [4.69, 9.17) is 11.6 Å². The number of thioether (sulfide) groups is 1. The van der Waals surface area contributed by atoms with Gasteiger partial charge in [0.15, 0.2) is 5.16 Å². The van der Waals surface area contributed by atoms with E-state index in [1.807, 2.05) is 42.2 Å². The minimum Gasteiger partial charge on any atom is -0.355 e. The van der Waals surface area contributed by atoms with Crippen molar-refractivity contribution in [2.24, 2.45) is 0 Å². The first-order chi connectivity index (χ1) is 14.5. The van der Waals surface area contributed by atoms with Crippen LogP contribution in [-0.2, 0) is 16.0 Å². The molecule has 1 saturated heterocycles. The molecular formula is C21H26ClN5O2S. The zero-order chi connectivity index (χ0) is 21.3. The summed E-state index contributed by atoms with van der Waals surface area (Å²) in [7, 11) is 0. The van der Waals surface area contributed by atoms with Gasteiger partial charge in [-0.2, -0.15) is 0 Å². The van der Waals surface area contributed by atoms with Crippen LogP contribution in [0.15, 0.2) is 41.6 Å². The highest BCUT2D eigenvalue weighted by Crippen LogP contribution is 2.23. The number of carbonyl (C=O) groups excluding carboxylic acids is 2. The highest BCUT2D eigenvalue weighted by atomic mass is 35.5. The lowest BCUT2D eigenvalue weighted by atomic mass is 10.1. The van der Waals surface area contributed by atoms with Gasteiger partial charge in [0.25, 0.3) is 0 Å². The van der Waals surface area contributed by atoms with Gasteiger partial charge in [0.05, 0.1) is 5.75 Å². The number of carbonyl (C=O) groups is 2. The van der Waals surface area contributed by atoms with Crippen LogP contribution in [0, 0.1) is 0 Å². The second-order valence-electron chi connectivity index (χ2n) is 6.93. The quantitative estimate of drug-likeness (QED) is 0.381. The second kappa shape index (κ2) is 11.2. The minimum atomic E-state index is -0.0623. The Bertz CT molecular complexity index is 860. The lowest BCUT2D eigenvalue weighted by molar-refractivity contribution is -0.131. The first-order valence-corrected chi connectivity index (χ1v) is 11.4.